The van der Waals surface area contributed by atoms with Gasteiger partial charge in [-0.1, -0.05) is 40.0 Å². The van der Waals surface area contributed by atoms with Crippen LogP contribution in [-0.2, 0) is 4.79 Å². The lowest BCUT2D eigenvalue weighted by Crippen LogP contribution is -2.41. The second-order valence-electron chi connectivity index (χ2n) is 6.36. The van der Waals surface area contributed by atoms with E-state index in [1.807, 2.05) is 6.92 Å². The van der Waals surface area contributed by atoms with Crippen LogP contribution in [-0.4, -0.2) is 29.7 Å². The number of unbranched alkanes of at least 4 members (excludes halogenated alkanes) is 1. The Bertz CT molecular complexity index is 306. The Balaban J connectivity index is 3.58. The van der Waals surface area contributed by atoms with Crippen LogP contribution in [0.3, 0.4) is 0 Å². The fourth-order valence-electron chi connectivity index (χ4n) is 2.08. The van der Waals surface area contributed by atoms with Gasteiger partial charge in [0.05, 0.1) is 5.92 Å². The third-order valence-corrected chi connectivity index (χ3v) is 3.57. The average molecular weight is 300 g/mol. The summed E-state index contributed by atoms with van der Waals surface area (Å²) in [5, 5.41) is 14.5. The molecule has 0 aliphatic heterocycles. The molecule has 21 heavy (non-hydrogen) atoms. The molecular formula is C16H32N2O3. The first-order valence-electron chi connectivity index (χ1n) is 8.10. The third kappa shape index (κ3) is 12.2. The van der Waals surface area contributed by atoms with Crippen molar-refractivity contribution in [2.24, 2.45) is 11.8 Å². The van der Waals surface area contributed by atoms with E-state index in [1.54, 1.807) is 6.92 Å². The van der Waals surface area contributed by atoms with Crippen molar-refractivity contribution in [2.75, 3.05) is 6.54 Å². The maximum Gasteiger partial charge on any atom is 0.314 e. The summed E-state index contributed by atoms with van der Waals surface area (Å²) in [7, 11) is 0. The molecule has 0 fully saturated rings. The molecule has 0 spiro atoms. The normalized spacial score (nSPS) is 13.8. The summed E-state index contributed by atoms with van der Waals surface area (Å²) < 4.78 is 0. The van der Waals surface area contributed by atoms with Gasteiger partial charge in [-0.15, -0.1) is 0 Å². The van der Waals surface area contributed by atoms with Crippen LogP contribution < -0.4 is 10.6 Å². The van der Waals surface area contributed by atoms with Gasteiger partial charge in [-0.25, -0.2) is 4.79 Å². The Morgan fingerprint density at radius 2 is 1.62 bits per heavy atom. The summed E-state index contributed by atoms with van der Waals surface area (Å²) in [6.07, 6.45) is 5.61. The van der Waals surface area contributed by atoms with Crippen LogP contribution in [0.25, 0.3) is 0 Å². The van der Waals surface area contributed by atoms with Gasteiger partial charge < -0.3 is 15.7 Å². The predicted molar refractivity (Wildman–Crippen MR) is 85.3 cm³/mol. The molecule has 0 aromatic heterocycles. The summed E-state index contributed by atoms with van der Waals surface area (Å²) in [5.41, 5.74) is 0. The molecule has 2 atom stereocenters. The van der Waals surface area contributed by atoms with Crippen LogP contribution in [0.15, 0.2) is 0 Å². The Labute approximate surface area is 128 Å². The van der Waals surface area contributed by atoms with E-state index in [9.17, 15) is 9.59 Å². The largest absolute Gasteiger partial charge is 0.481 e. The topological polar surface area (TPSA) is 78.4 Å². The first kappa shape index (κ1) is 19.7. The van der Waals surface area contributed by atoms with Crippen molar-refractivity contribution >= 4 is 12.0 Å². The van der Waals surface area contributed by atoms with E-state index in [2.05, 4.69) is 24.5 Å². The van der Waals surface area contributed by atoms with Crippen LogP contribution in [0.1, 0.15) is 66.2 Å². The van der Waals surface area contributed by atoms with Crippen molar-refractivity contribution in [2.45, 2.75) is 72.3 Å². The number of carboxylic acids is 1. The molecule has 0 bridgehead atoms. The summed E-state index contributed by atoms with van der Waals surface area (Å²) >= 11 is 0. The van der Waals surface area contributed by atoms with Crippen molar-refractivity contribution < 1.29 is 14.7 Å². The van der Waals surface area contributed by atoms with Gasteiger partial charge in [0.15, 0.2) is 0 Å². The van der Waals surface area contributed by atoms with Crippen LogP contribution in [0, 0.1) is 11.8 Å². The third-order valence-electron chi connectivity index (χ3n) is 3.57. The maximum atomic E-state index is 11.6. The van der Waals surface area contributed by atoms with Crippen LogP contribution in [0.5, 0.6) is 0 Å². The number of urea groups is 1. The van der Waals surface area contributed by atoms with E-state index in [-0.39, 0.29) is 18.0 Å². The number of amides is 2. The molecule has 0 aromatic carbocycles. The number of hydrogen-bond donors (Lipinski definition) is 3. The fraction of sp³-hybridized carbons (Fsp3) is 0.875. The Hall–Kier alpha value is -1.26. The molecule has 5 nitrogen and oxygen atoms in total. The molecule has 0 aromatic rings. The molecular weight excluding hydrogens is 268 g/mol. The van der Waals surface area contributed by atoms with Crippen molar-refractivity contribution in [3.8, 4) is 0 Å². The lowest BCUT2D eigenvalue weighted by Gasteiger charge is -2.15. The number of aliphatic carboxylic acids is 1. The maximum absolute atomic E-state index is 11.6. The monoisotopic (exact) mass is 300 g/mol. The second-order valence-corrected chi connectivity index (χ2v) is 6.36. The predicted octanol–water partition coefficient (Wildman–Crippen LogP) is 3.39. The van der Waals surface area contributed by atoms with Gasteiger partial charge in [-0.05, 0) is 32.1 Å². The standard InChI is InChI=1S/C16H32N2O3/c1-12(2)8-5-6-11-17-16(21)18-14(4)10-7-9-13(3)15(19)20/h12-14H,5-11H2,1-4H3,(H,19,20)(H2,17,18,21). The highest BCUT2D eigenvalue weighted by atomic mass is 16.4. The zero-order valence-corrected chi connectivity index (χ0v) is 13.9. The van der Waals surface area contributed by atoms with Crippen LogP contribution >= 0.6 is 0 Å². The average Bonchev–Trinajstić information content (AvgIpc) is 2.37. The van der Waals surface area contributed by atoms with Gasteiger partial charge in [0.1, 0.15) is 0 Å². The van der Waals surface area contributed by atoms with Gasteiger partial charge in [-0.2, -0.15) is 0 Å². The van der Waals surface area contributed by atoms with Gasteiger partial charge >= 0.3 is 12.0 Å². The highest BCUT2D eigenvalue weighted by Gasteiger charge is 2.12. The first-order chi connectivity index (χ1) is 9.82. The van der Waals surface area contributed by atoms with Gasteiger partial charge in [0, 0.05) is 12.6 Å². The summed E-state index contributed by atoms with van der Waals surface area (Å²) in [6, 6.07) is -0.0556. The number of carbonyl (C=O) groups is 2. The Kier molecular flexibility index (Phi) is 10.7. The second kappa shape index (κ2) is 11.4. The van der Waals surface area contributed by atoms with E-state index < -0.39 is 5.97 Å². The fourth-order valence-corrected chi connectivity index (χ4v) is 2.08. The minimum atomic E-state index is -0.755. The number of hydrogen-bond acceptors (Lipinski definition) is 2. The van der Waals surface area contributed by atoms with Gasteiger partial charge in [0.25, 0.3) is 0 Å². The van der Waals surface area contributed by atoms with Crippen molar-refractivity contribution in [1.29, 1.82) is 0 Å². The van der Waals surface area contributed by atoms with E-state index in [0.717, 1.165) is 25.7 Å². The summed E-state index contributed by atoms with van der Waals surface area (Å²) in [6.45, 7) is 8.77. The summed E-state index contributed by atoms with van der Waals surface area (Å²) in [4.78, 5) is 22.3. The lowest BCUT2D eigenvalue weighted by molar-refractivity contribution is -0.141. The van der Waals surface area contributed by atoms with Gasteiger partial charge in [-0.3, -0.25) is 4.79 Å². The van der Waals surface area contributed by atoms with Crippen molar-refractivity contribution in [3.05, 3.63) is 0 Å². The van der Waals surface area contributed by atoms with Crippen molar-refractivity contribution in [1.82, 2.24) is 10.6 Å². The Morgan fingerprint density at radius 1 is 0.952 bits per heavy atom. The molecule has 0 radical (unpaired) electrons. The Morgan fingerprint density at radius 3 is 2.19 bits per heavy atom. The highest BCUT2D eigenvalue weighted by Crippen LogP contribution is 2.09. The quantitative estimate of drug-likeness (QED) is 0.512. The highest BCUT2D eigenvalue weighted by molar-refractivity contribution is 5.74. The lowest BCUT2D eigenvalue weighted by atomic mass is 10.0. The molecule has 0 heterocycles. The molecule has 5 heteroatoms. The van der Waals surface area contributed by atoms with Crippen LogP contribution in [0.2, 0.25) is 0 Å². The van der Waals surface area contributed by atoms with Crippen LogP contribution in [0.4, 0.5) is 4.79 Å². The molecule has 124 valence electrons. The van der Waals surface area contributed by atoms with E-state index in [1.165, 1.54) is 6.42 Å². The number of carbonyl (C=O) groups excluding carboxylic acids is 1. The molecule has 0 saturated heterocycles. The zero-order valence-electron chi connectivity index (χ0n) is 13.9. The minimum absolute atomic E-state index is 0.0710. The smallest absolute Gasteiger partial charge is 0.314 e. The van der Waals surface area contributed by atoms with E-state index >= 15 is 0 Å². The number of nitrogens with one attached hydrogen (secondary N) is 2. The molecule has 2 unspecified atom stereocenters. The molecule has 2 amide bonds. The number of rotatable bonds is 11. The van der Waals surface area contributed by atoms with E-state index in [4.69, 9.17) is 5.11 Å². The molecule has 0 aliphatic carbocycles. The molecule has 0 saturated carbocycles. The van der Waals surface area contributed by atoms with Crippen molar-refractivity contribution in [3.63, 3.8) is 0 Å². The summed E-state index contributed by atoms with van der Waals surface area (Å²) in [5.74, 6) is -0.353. The molecule has 0 rings (SSSR count). The molecule has 3 N–H and O–H groups in total. The first-order valence-corrected chi connectivity index (χ1v) is 8.10. The zero-order chi connectivity index (χ0) is 16.3. The minimum Gasteiger partial charge on any atom is -0.481 e. The SMILES string of the molecule is CC(C)CCCCNC(=O)NC(C)CCCC(C)C(=O)O. The van der Waals surface area contributed by atoms with Gasteiger partial charge in [0.2, 0.25) is 0 Å². The number of carboxylic acid groups (broad SMARTS) is 1. The molecule has 0 aliphatic rings. The van der Waals surface area contributed by atoms with E-state index in [0.29, 0.717) is 18.9 Å².